The van der Waals surface area contributed by atoms with Crippen molar-refractivity contribution in [2.24, 2.45) is 4.99 Å². The minimum Gasteiger partial charge on any atom is -0.497 e. The van der Waals surface area contributed by atoms with Gasteiger partial charge in [-0.3, -0.25) is 15.1 Å². The third-order valence-corrected chi connectivity index (χ3v) is 3.82. The Labute approximate surface area is 162 Å². The van der Waals surface area contributed by atoms with Crippen LogP contribution in [-0.2, 0) is 6.54 Å². The van der Waals surface area contributed by atoms with Gasteiger partial charge in [0.15, 0.2) is 0 Å². The second-order valence-corrected chi connectivity index (χ2v) is 5.80. The molecule has 6 nitrogen and oxygen atoms in total. The van der Waals surface area contributed by atoms with E-state index in [2.05, 4.69) is 20.6 Å². The minimum atomic E-state index is -0.406. The zero-order chi connectivity index (χ0) is 19.8. The number of halogens is 1. The number of amides is 1. The highest BCUT2D eigenvalue weighted by Crippen LogP contribution is 2.15. The van der Waals surface area contributed by atoms with Crippen LogP contribution in [-0.4, -0.2) is 24.0 Å². The number of nitrogens with zero attached hydrogens (tertiary/aromatic N) is 2. The average Bonchev–Trinajstić information content (AvgIpc) is 2.73. The molecule has 2 aromatic carbocycles. The van der Waals surface area contributed by atoms with E-state index in [1.165, 1.54) is 24.3 Å². The number of rotatable bonds is 5. The summed E-state index contributed by atoms with van der Waals surface area (Å²) in [6.07, 6.45) is 1.68. The van der Waals surface area contributed by atoms with Crippen LogP contribution in [0.15, 0.2) is 77.9 Å². The number of benzene rings is 2. The van der Waals surface area contributed by atoms with Crippen LogP contribution in [0.3, 0.4) is 0 Å². The Morgan fingerprint density at radius 3 is 2.46 bits per heavy atom. The van der Waals surface area contributed by atoms with Crippen molar-refractivity contribution in [3.05, 3.63) is 90.0 Å². The number of aromatic nitrogens is 1. The van der Waals surface area contributed by atoms with Gasteiger partial charge in [0.1, 0.15) is 11.6 Å². The van der Waals surface area contributed by atoms with E-state index in [1.807, 2.05) is 18.2 Å². The molecule has 1 amide bonds. The molecular weight excluding hydrogens is 359 g/mol. The first-order valence-electron chi connectivity index (χ1n) is 8.56. The van der Waals surface area contributed by atoms with Crippen LogP contribution in [0.2, 0.25) is 0 Å². The Kier molecular flexibility index (Phi) is 6.30. The third-order valence-electron chi connectivity index (χ3n) is 3.82. The van der Waals surface area contributed by atoms with Gasteiger partial charge in [-0.1, -0.05) is 6.07 Å². The van der Waals surface area contributed by atoms with E-state index in [9.17, 15) is 9.18 Å². The molecule has 0 aliphatic heterocycles. The predicted octanol–water partition coefficient (Wildman–Crippen LogP) is 3.63. The molecule has 0 unspecified atom stereocenters. The number of methoxy groups -OCH3 is 1. The van der Waals surface area contributed by atoms with E-state index in [0.717, 1.165) is 11.4 Å². The van der Waals surface area contributed by atoms with Gasteiger partial charge in [-0.15, -0.1) is 0 Å². The van der Waals surface area contributed by atoms with Crippen LogP contribution in [0.4, 0.5) is 10.1 Å². The normalized spacial score (nSPS) is 11.0. The molecular formula is C21H19FN4O2. The van der Waals surface area contributed by atoms with Crippen molar-refractivity contribution in [2.75, 3.05) is 12.4 Å². The summed E-state index contributed by atoms with van der Waals surface area (Å²) < 4.78 is 18.2. The molecule has 0 aliphatic carbocycles. The van der Waals surface area contributed by atoms with Crippen molar-refractivity contribution in [3.8, 4) is 5.75 Å². The molecule has 0 aliphatic rings. The number of aliphatic imine (C=N–C) groups is 1. The molecule has 28 heavy (non-hydrogen) atoms. The molecule has 1 heterocycles. The summed E-state index contributed by atoms with van der Waals surface area (Å²) in [6.45, 7) is 0.281. The lowest BCUT2D eigenvalue weighted by Gasteiger charge is -2.12. The Hall–Kier alpha value is -3.74. The maximum absolute atomic E-state index is 13.1. The van der Waals surface area contributed by atoms with Crippen molar-refractivity contribution in [3.63, 3.8) is 0 Å². The summed E-state index contributed by atoms with van der Waals surface area (Å²) in [5.74, 6) is 0.163. The summed E-state index contributed by atoms with van der Waals surface area (Å²) in [7, 11) is 1.59. The van der Waals surface area contributed by atoms with Crippen LogP contribution in [0.1, 0.15) is 16.1 Å². The third kappa shape index (κ3) is 5.38. The highest BCUT2D eigenvalue weighted by Gasteiger charge is 2.10. The van der Waals surface area contributed by atoms with Crippen LogP contribution in [0.25, 0.3) is 0 Å². The number of nitrogens with one attached hydrogen (secondary N) is 2. The summed E-state index contributed by atoms with van der Waals surface area (Å²) >= 11 is 0. The molecule has 1 aromatic heterocycles. The van der Waals surface area contributed by atoms with Gasteiger partial charge in [-0.2, -0.15) is 0 Å². The number of hydrogen-bond donors (Lipinski definition) is 2. The van der Waals surface area contributed by atoms with Crippen molar-refractivity contribution in [1.29, 1.82) is 0 Å². The van der Waals surface area contributed by atoms with E-state index in [0.29, 0.717) is 11.3 Å². The number of ether oxygens (including phenoxy) is 1. The van der Waals surface area contributed by atoms with E-state index >= 15 is 0 Å². The van der Waals surface area contributed by atoms with Crippen LogP contribution in [0, 0.1) is 5.82 Å². The van der Waals surface area contributed by atoms with Gasteiger partial charge in [0.2, 0.25) is 5.96 Å². The van der Waals surface area contributed by atoms with Crippen LogP contribution < -0.4 is 15.4 Å². The molecule has 0 bridgehead atoms. The quantitative estimate of drug-likeness (QED) is 0.525. The van der Waals surface area contributed by atoms with Gasteiger partial charge in [0.05, 0.1) is 19.3 Å². The van der Waals surface area contributed by atoms with Crippen LogP contribution >= 0.6 is 0 Å². The fraction of sp³-hybridized carbons (Fsp3) is 0.0952. The van der Waals surface area contributed by atoms with Gasteiger partial charge < -0.3 is 10.1 Å². The Bertz CT molecular complexity index is 942. The van der Waals surface area contributed by atoms with Gasteiger partial charge in [0.25, 0.3) is 5.91 Å². The molecule has 3 rings (SSSR count). The molecule has 0 saturated heterocycles. The lowest BCUT2D eigenvalue weighted by molar-refractivity contribution is 0.0977. The summed E-state index contributed by atoms with van der Waals surface area (Å²) in [5, 5.41) is 5.79. The van der Waals surface area contributed by atoms with E-state index in [4.69, 9.17) is 4.74 Å². The molecule has 142 valence electrons. The Morgan fingerprint density at radius 2 is 1.82 bits per heavy atom. The second-order valence-electron chi connectivity index (χ2n) is 5.80. The molecule has 0 fully saturated rings. The molecule has 0 spiro atoms. The maximum Gasteiger partial charge on any atom is 0.257 e. The number of carbonyl (C=O) groups is 1. The van der Waals surface area contributed by atoms with Crippen LogP contribution in [0.5, 0.6) is 5.75 Å². The van der Waals surface area contributed by atoms with Gasteiger partial charge in [0, 0.05) is 17.4 Å². The monoisotopic (exact) mass is 378 g/mol. The second kappa shape index (κ2) is 9.27. The van der Waals surface area contributed by atoms with Gasteiger partial charge >= 0.3 is 0 Å². The smallest absolute Gasteiger partial charge is 0.257 e. The zero-order valence-corrected chi connectivity index (χ0v) is 15.2. The van der Waals surface area contributed by atoms with Crippen molar-refractivity contribution >= 4 is 17.6 Å². The number of pyridine rings is 1. The van der Waals surface area contributed by atoms with E-state index in [-0.39, 0.29) is 12.5 Å². The van der Waals surface area contributed by atoms with Gasteiger partial charge in [-0.25, -0.2) is 9.38 Å². The highest BCUT2D eigenvalue weighted by molar-refractivity contribution is 6.09. The highest BCUT2D eigenvalue weighted by atomic mass is 19.1. The first-order chi connectivity index (χ1) is 13.6. The summed E-state index contributed by atoms with van der Waals surface area (Å²) in [4.78, 5) is 21.1. The van der Waals surface area contributed by atoms with Crippen molar-refractivity contribution < 1.29 is 13.9 Å². The largest absolute Gasteiger partial charge is 0.497 e. The Balaban J connectivity index is 1.78. The molecule has 0 atom stereocenters. The lowest BCUT2D eigenvalue weighted by Crippen LogP contribution is -2.36. The molecule has 3 aromatic rings. The molecule has 7 heteroatoms. The summed E-state index contributed by atoms with van der Waals surface area (Å²) in [6, 6.07) is 18.0. The molecule has 0 radical (unpaired) electrons. The standard InChI is InChI=1S/C21H19FN4O2/c1-28-19-11-9-17(10-12-19)25-21(24-14-18-4-2-3-13-23-18)26-20(27)15-5-7-16(22)8-6-15/h2-13H,14H2,1H3,(H2,24,25,26,27). The average molecular weight is 378 g/mol. The number of anilines is 1. The van der Waals surface area contributed by atoms with E-state index < -0.39 is 11.7 Å². The lowest BCUT2D eigenvalue weighted by atomic mass is 10.2. The molecule has 2 N–H and O–H groups in total. The van der Waals surface area contributed by atoms with Crippen molar-refractivity contribution in [2.45, 2.75) is 6.54 Å². The van der Waals surface area contributed by atoms with E-state index in [1.54, 1.807) is 37.6 Å². The number of guanidine groups is 1. The van der Waals surface area contributed by atoms with Gasteiger partial charge in [-0.05, 0) is 60.7 Å². The maximum atomic E-state index is 13.1. The number of hydrogen-bond acceptors (Lipinski definition) is 4. The summed E-state index contributed by atoms with van der Waals surface area (Å²) in [5.41, 5.74) is 1.80. The Morgan fingerprint density at radius 1 is 1.07 bits per heavy atom. The molecule has 0 saturated carbocycles. The van der Waals surface area contributed by atoms with Crippen molar-refractivity contribution in [1.82, 2.24) is 10.3 Å². The first-order valence-corrected chi connectivity index (χ1v) is 8.56. The SMILES string of the molecule is COc1ccc(NC(=NCc2ccccn2)NC(=O)c2ccc(F)cc2)cc1. The first kappa shape index (κ1) is 19.0. The zero-order valence-electron chi connectivity index (χ0n) is 15.2. The fourth-order valence-electron chi connectivity index (χ4n) is 2.35. The minimum absolute atomic E-state index is 0.255. The topological polar surface area (TPSA) is 75.6 Å². The predicted molar refractivity (Wildman–Crippen MR) is 106 cm³/mol. The number of carbonyl (C=O) groups excluding carboxylic acids is 1. The fourth-order valence-corrected chi connectivity index (χ4v) is 2.35.